The van der Waals surface area contributed by atoms with Crippen LogP contribution in [0.5, 0.6) is 0 Å². The third-order valence-electron chi connectivity index (χ3n) is 3.22. The molecule has 0 bridgehead atoms. The van der Waals surface area contributed by atoms with Crippen molar-refractivity contribution in [3.63, 3.8) is 0 Å². The molecule has 0 heterocycles. The fraction of sp³-hybridized carbons (Fsp3) is 0.462. The van der Waals surface area contributed by atoms with Crippen LogP contribution in [0.2, 0.25) is 0 Å². The van der Waals surface area contributed by atoms with Crippen molar-refractivity contribution in [2.24, 2.45) is 0 Å². The lowest BCUT2D eigenvalue weighted by Gasteiger charge is -2.28. The van der Waals surface area contributed by atoms with Gasteiger partial charge in [-0.3, -0.25) is 4.79 Å². The lowest BCUT2D eigenvalue weighted by Crippen LogP contribution is -2.45. The van der Waals surface area contributed by atoms with Crippen molar-refractivity contribution in [1.29, 1.82) is 0 Å². The molecule has 1 fully saturated rings. The maximum Gasteiger partial charge on any atom is 0.252 e. The quantitative estimate of drug-likeness (QED) is 0.718. The molecule has 18 heavy (non-hydrogen) atoms. The van der Waals surface area contributed by atoms with E-state index in [1.807, 2.05) is 18.2 Å². The van der Waals surface area contributed by atoms with Crippen LogP contribution in [0, 0.1) is 3.57 Å². The predicted molar refractivity (Wildman–Crippen MR) is 82.6 cm³/mol. The average molecular weight is 424 g/mol. The van der Waals surface area contributed by atoms with Crippen LogP contribution in [0.1, 0.15) is 36.0 Å². The highest BCUT2D eigenvalue weighted by Crippen LogP contribution is 2.22. The molecule has 5 heteroatoms. The Morgan fingerprint density at radius 2 is 2.11 bits per heavy atom. The molecule has 2 N–H and O–H groups in total. The Morgan fingerprint density at radius 3 is 2.83 bits per heavy atom. The lowest BCUT2D eigenvalue weighted by molar-refractivity contribution is 0.0716. The third-order valence-corrected chi connectivity index (χ3v) is 4.58. The van der Waals surface area contributed by atoms with Gasteiger partial charge in [0, 0.05) is 8.04 Å². The van der Waals surface area contributed by atoms with Gasteiger partial charge in [-0.2, -0.15) is 0 Å². The second kappa shape index (κ2) is 6.34. The van der Waals surface area contributed by atoms with Gasteiger partial charge >= 0.3 is 0 Å². The smallest absolute Gasteiger partial charge is 0.252 e. The molecule has 0 aliphatic heterocycles. The maximum atomic E-state index is 12.2. The molecule has 3 nitrogen and oxygen atoms in total. The van der Waals surface area contributed by atoms with Gasteiger partial charge in [-0.1, -0.05) is 12.8 Å². The zero-order valence-electron chi connectivity index (χ0n) is 9.83. The van der Waals surface area contributed by atoms with Crippen molar-refractivity contribution in [2.75, 3.05) is 0 Å². The fourth-order valence-corrected chi connectivity index (χ4v) is 3.12. The van der Waals surface area contributed by atoms with E-state index in [0.29, 0.717) is 5.56 Å². The van der Waals surface area contributed by atoms with Gasteiger partial charge in [0.15, 0.2) is 0 Å². The first-order valence-electron chi connectivity index (χ1n) is 6.02. The van der Waals surface area contributed by atoms with Crippen LogP contribution in [0.3, 0.4) is 0 Å². The van der Waals surface area contributed by atoms with Crippen LogP contribution in [-0.4, -0.2) is 23.2 Å². The van der Waals surface area contributed by atoms with Crippen molar-refractivity contribution < 1.29 is 9.90 Å². The van der Waals surface area contributed by atoms with Gasteiger partial charge in [0.25, 0.3) is 5.91 Å². The minimum absolute atomic E-state index is 0.115. The molecule has 1 aromatic carbocycles. The summed E-state index contributed by atoms with van der Waals surface area (Å²) in [5, 5.41) is 12.8. The summed E-state index contributed by atoms with van der Waals surface area (Å²) < 4.78 is 1.80. The van der Waals surface area contributed by atoms with Gasteiger partial charge in [0.2, 0.25) is 0 Å². The highest BCUT2D eigenvalue weighted by atomic mass is 127. The zero-order valence-corrected chi connectivity index (χ0v) is 13.6. The molecule has 1 amide bonds. The van der Waals surface area contributed by atoms with E-state index in [0.717, 1.165) is 33.7 Å². The van der Waals surface area contributed by atoms with Gasteiger partial charge < -0.3 is 10.4 Å². The van der Waals surface area contributed by atoms with Crippen molar-refractivity contribution in [1.82, 2.24) is 5.32 Å². The number of benzene rings is 1. The number of amides is 1. The Hall–Kier alpha value is -0.140. The van der Waals surface area contributed by atoms with Crippen LogP contribution in [0.15, 0.2) is 22.7 Å². The van der Waals surface area contributed by atoms with Gasteiger partial charge in [0.1, 0.15) is 0 Å². The normalized spacial score (nSPS) is 23.7. The molecule has 0 aromatic heterocycles. The number of nitrogens with one attached hydrogen (secondary N) is 1. The summed E-state index contributed by atoms with van der Waals surface area (Å²) >= 11 is 5.56. The van der Waals surface area contributed by atoms with Crippen molar-refractivity contribution in [3.8, 4) is 0 Å². The molecule has 2 atom stereocenters. The SMILES string of the molecule is O=C(NC1CCCCC1O)c1cc(I)ccc1Br. The number of halogens is 2. The van der Waals surface area contributed by atoms with E-state index in [4.69, 9.17) is 0 Å². The van der Waals surface area contributed by atoms with Crippen molar-refractivity contribution in [3.05, 3.63) is 31.8 Å². The van der Waals surface area contributed by atoms with E-state index < -0.39 is 6.10 Å². The third kappa shape index (κ3) is 3.45. The standard InChI is InChI=1S/C13H15BrINO2/c14-10-6-5-8(15)7-9(10)13(18)16-11-3-1-2-4-12(11)17/h5-7,11-12,17H,1-4H2,(H,16,18). The Morgan fingerprint density at radius 1 is 1.39 bits per heavy atom. The topological polar surface area (TPSA) is 49.3 Å². The molecule has 2 rings (SSSR count). The molecule has 1 aliphatic rings. The molecule has 0 spiro atoms. The first-order chi connectivity index (χ1) is 8.58. The molecule has 98 valence electrons. The average Bonchev–Trinajstić information content (AvgIpc) is 2.35. The maximum absolute atomic E-state index is 12.2. The van der Waals surface area contributed by atoms with Crippen LogP contribution in [0.4, 0.5) is 0 Å². The summed E-state index contributed by atoms with van der Waals surface area (Å²) in [6.07, 6.45) is 3.33. The van der Waals surface area contributed by atoms with E-state index >= 15 is 0 Å². The summed E-state index contributed by atoms with van der Waals surface area (Å²) in [5.41, 5.74) is 0.625. The number of carbonyl (C=O) groups excluding carboxylic acids is 1. The Labute approximate surface area is 129 Å². The highest BCUT2D eigenvalue weighted by Gasteiger charge is 2.25. The van der Waals surface area contributed by atoms with Crippen LogP contribution in [-0.2, 0) is 0 Å². The Balaban J connectivity index is 2.09. The van der Waals surface area contributed by atoms with Crippen molar-refractivity contribution >= 4 is 44.4 Å². The van der Waals surface area contributed by atoms with E-state index in [2.05, 4.69) is 43.8 Å². The zero-order chi connectivity index (χ0) is 13.1. The fourth-order valence-electron chi connectivity index (χ4n) is 2.20. The van der Waals surface area contributed by atoms with E-state index in [9.17, 15) is 9.90 Å². The minimum Gasteiger partial charge on any atom is -0.391 e. The minimum atomic E-state index is -0.413. The Bertz CT molecular complexity index is 453. The molecule has 1 aromatic rings. The molecule has 0 saturated heterocycles. The summed E-state index contributed by atoms with van der Waals surface area (Å²) in [5.74, 6) is -0.119. The van der Waals surface area contributed by atoms with Gasteiger partial charge in [-0.05, 0) is 69.6 Å². The second-order valence-corrected chi connectivity index (χ2v) is 6.66. The second-order valence-electron chi connectivity index (χ2n) is 4.56. The lowest BCUT2D eigenvalue weighted by atomic mass is 9.92. The van der Waals surface area contributed by atoms with Gasteiger partial charge in [0.05, 0.1) is 17.7 Å². The first-order valence-corrected chi connectivity index (χ1v) is 7.89. The van der Waals surface area contributed by atoms with Crippen LogP contribution >= 0.6 is 38.5 Å². The predicted octanol–water partition coefficient (Wildman–Crippen LogP) is 3.09. The van der Waals surface area contributed by atoms with E-state index in [1.165, 1.54) is 0 Å². The molecule has 0 radical (unpaired) electrons. The molecule has 2 unspecified atom stereocenters. The molecule has 1 aliphatic carbocycles. The summed E-state index contributed by atoms with van der Waals surface area (Å²) in [6, 6.07) is 5.54. The van der Waals surface area contributed by atoms with Gasteiger partial charge in [-0.15, -0.1) is 0 Å². The molecular formula is C13H15BrINO2. The largest absolute Gasteiger partial charge is 0.391 e. The first kappa shape index (κ1) is 14.3. The number of rotatable bonds is 2. The molecule has 1 saturated carbocycles. The van der Waals surface area contributed by atoms with Crippen LogP contribution in [0.25, 0.3) is 0 Å². The molecular weight excluding hydrogens is 409 g/mol. The number of aliphatic hydroxyl groups is 1. The number of hydrogen-bond acceptors (Lipinski definition) is 2. The Kier molecular flexibility index (Phi) is 5.03. The van der Waals surface area contributed by atoms with E-state index in [1.54, 1.807) is 0 Å². The summed E-state index contributed by atoms with van der Waals surface area (Å²) in [4.78, 5) is 12.2. The van der Waals surface area contributed by atoms with E-state index in [-0.39, 0.29) is 11.9 Å². The summed E-state index contributed by atoms with van der Waals surface area (Å²) in [6.45, 7) is 0. The van der Waals surface area contributed by atoms with Crippen molar-refractivity contribution in [2.45, 2.75) is 37.8 Å². The van der Waals surface area contributed by atoms with Gasteiger partial charge in [-0.25, -0.2) is 0 Å². The summed E-state index contributed by atoms with van der Waals surface area (Å²) in [7, 11) is 0. The monoisotopic (exact) mass is 423 g/mol. The number of hydrogen-bond donors (Lipinski definition) is 2. The number of carbonyl (C=O) groups is 1. The highest BCUT2D eigenvalue weighted by molar-refractivity contribution is 14.1. The van der Waals surface area contributed by atoms with Crippen LogP contribution < -0.4 is 5.32 Å². The number of aliphatic hydroxyl groups excluding tert-OH is 1.